The monoisotopic (exact) mass is 160 g/mol. The average Bonchev–Trinajstić information content (AvgIpc) is 1.87. The molecule has 0 fully saturated rings. The second kappa shape index (κ2) is 4.71. The van der Waals surface area contributed by atoms with E-state index >= 15 is 0 Å². The van der Waals surface area contributed by atoms with Crippen molar-refractivity contribution in [2.75, 3.05) is 0 Å². The summed E-state index contributed by atoms with van der Waals surface area (Å²) in [6.07, 6.45) is 0.647. The van der Waals surface area contributed by atoms with Crippen LogP contribution in [0.15, 0.2) is 0 Å². The van der Waals surface area contributed by atoms with Gasteiger partial charge in [-0.15, -0.1) is 0 Å². The highest BCUT2D eigenvalue weighted by molar-refractivity contribution is 5.72. The van der Waals surface area contributed by atoms with Crippen molar-refractivity contribution in [1.82, 2.24) is 0 Å². The molecule has 0 aromatic carbocycles. The Bertz CT molecular complexity index is 153. The smallest absolute Gasteiger partial charge is 0.306 e. The SMILES string of the molecule is CC[C@@H](CCC(=O)O)C(=O)O. The molecule has 0 aromatic heterocycles. The molecule has 0 radical (unpaired) electrons. The van der Waals surface area contributed by atoms with Gasteiger partial charge in [-0.25, -0.2) is 0 Å². The molecule has 0 spiro atoms. The van der Waals surface area contributed by atoms with Crippen molar-refractivity contribution < 1.29 is 19.8 Å². The predicted molar refractivity (Wildman–Crippen MR) is 38.3 cm³/mol. The van der Waals surface area contributed by atoms with E-state index in [1.54, 1.807) is 6.92 Å². The van der Waals surface area contributed by atoms with Gasteiger partial charge in [0.05, 0.1) is 5.92 Å². The van der Waals surface area contributed by atoms with Crippen molar-refractivity contribution >= 4 is 11.9 Å². The fourth-order valence-corrected chi connectivity index (χ4v) is 0.800. The summed E-state index contributed by atoms with van der Waals surface area (Å²) >= 11 is 0. The molecule has 1 atom stereocenters. The van der Waals surface area contributed by atoms with Crippen molar-refractivity contribution in [3.8, 4) is 0 Å². The molecule has 0 aliphatic rings. The van der Waals surface area contributed by atoms with E-state index in [4.69, 9.17) is 10.2 Å². The Balaban J connectivity index is 3.70. The largest absolute Gasteiger partial charge is 0.481 e. The zero-order chi connectivity index (χ0) is 8.85. The minimum Gasteiger partial charge on any atom is -0.481 e. The van der Waals surface area contributed by atoms with Gasteiger partial charge in [-0.1, -0.05) is 6.92 Å². The van der Waals surface area contributed by atoms with E-state index in [9.17, 15) is 9.59 Å². The van der Waals surface area contributed by atoms with E-state index in [0.717, 1.165) is 0 Å². The summed E-state index contributed by atoms with van der Waals surface area (Å²) in [5.74, 6) is -2.36. The van der Waals surface area contributed by atoms with Crippen LogP contribution in [-0.2, 0) is 9.59 Å². The average molecular weight is 160 g/mol. The van der Waals surface area contributed by atoms with Gasteiger partial charge in [0.2, 0.25) is 0 Å². The summed E-state index contributed by atoms with van der Waals surface area (Å²) in [6.45, 7) is 1.74. The third-order valence-corrected chi connectivity index (χ3v) is 1.55. The first-order chi connectivity index (χ1) is 5.07. The lowest BCUT2D eigenvalue weighted by atomic mass is 10.0. The molecule has 0 aliphatic carbocycles. The van der Waals surface area contributed by atoms with Crippen LogP contribution in [0, 0.1) is 5.92 Å². The molecule has 0 saturated heterocycles. The maximum absolute atomic E-state index is 10.4. The zero-order valence-electron chi connectivity index (χ0n) is 6.41. The van der Waals surface area contributed by atoms with E-state index in [-0.39, 0.29) is 12.8 Å². The molecule has 11 heavy (non-hydrogen) atoms. The molecule has 0 heterocycles. The number of hydrogen-bond acceptors (Lipinski definition) is 2. The third kappa shape index (κ3) is 4.36. The summed E-state index contributed by atoms with van der Waals surface area (Å²) in [5, 5.41) is 16.7. The summed E-state index contributed by atoms with van der Waals surface area (Å²) in [4.78, 5) is 20.4. The Morgan fingerprint density at radius 3 is 2.18 bits per heavy atom. The summed E-state index contributed by atoms with van der Waals surface area (Å²) in [5.41, 5.74) is 0. The molecule has 4 nitrogen and oxygen atoms in total. The molecule has 0 amide bonds. The minimum absolute atomic E-state index is 0.0647. The minimum atomic E-state index is -0.940. The van der Waals surface area contributed by atoms with Gasteiger partial charge < -0.3 is 10.2 Å². The van der Waals surface area contributed by atoms with Gasteiger partial charge in [-0.2, -0.15) is 0 Å². The Hall–Kier alpha value is -1.06. The van der Waals surface area contributed by atoms with E-state index in [1.165, 1.54) is 0 Å². The first-order valence-corrected chi connectivity index (χ1v) is 3.52. The van der Waals surface area contributed by atoms with Crippen LogP contribution in [0.25, 0.3) is 0 Å². The molecule has 0 unspecified atom stereocenters. The highest BCUT2D eigenvalue weighted by atomic mass is 16.4. The summed E-state index contributed by atoms with van der Waals surface area (Å²) in [6, 6.07) is 0. The number of carboxylic acids is 2. The van der Waals surface area contributed by atoms with Gasteiger partial charge >= 0.3 is 11.9 Å². The fraction of sp³-hybridized carbons (Fsp3) is 0.714. The normalized spacial score (nSPS) is 12.5. The lowest BCUT2D eigenvalue weighted by Gasteiger charge is -2.05. The lowest BCUT2D eigenvalue weighted by molar-refractivity contribution is -0.143. The van der Waals surface area contributed by atoms with E-state index in [0.29, 0.717) is 6.42 Å². The predicted octanol–water partition coefficient (Wildman–Crippen LogP) is 0.962. The van der Waals surface area contributed by atoms with Crippen LogP contribution in [-0.4, -0.2) is 22.2 Å². The molecule has 0 aromatic rings. The molecule has 0 rings (SSSR count). The highest BCUT2D eigenvalue weighted by Crippen LogP contribution is 2.10. The van der Waals surface area contributed by atoms with Crippen LogP contribution in [0.3, 0.4) is 0 Å². The second-order valence-electron chi connectivity index (χ2n) is 2.38. The molecule has 64 valence electrons. The molecule has 0 aliphatic heterocycles. The van der Waals surface area contributed by atoms with Crippen molar-refractivity contribution in [3.05, 3.63) is 0 Å². The van der Waals surface area contributed by atoms with Gasteiger partial charge in [0.1, 0.15) is 0 Å². The van der Waals surface area contributed by atoms with Crippen molar-refractivity contribution in [2.24, 2.45) is 5.92 Å². The van der Waals surface area contributed by atoms with Crippen LogP contribution < -0.4 is 0 Å². The van der Waals surface area contributed by atoms with Crippen molar-refractivity contribution in [1.29, 1.82) is 0 Å². The number of carboxylic acid groups (broad SMARTS) is 2. The van der Waals surface area contributed by atoms with E-state index in [1.807, 2.05) is 0 Å². The van der Waals surface area contributed by atoms with Crippen molar-refractivity contribution in [2.45, 2.75) is 26.2 Å². The Morgan fingerprint density at radius 2 is 1.91 bits per heavy atom. The third-order valence-electron chi connectivity index (χ3n) is 1.55. The van der Waals surface area contributed by atoms with Crippen LogP contribution in [0.2, 0.25) is 0 Å². The Morgan fingerprint density at radius 1 is 1.36 bits per heavy atom. The van der Waals surface area contributed by atoms with E-state index in [2.05, 4.69) is 0 Å². The standard InChI is InChI=1S/C7H12O4/c1-2-5(7(10)11)3-4-6(8)9/h5H,2-4H2,1H3,(H,8,9)(H,10,11)/t5-/m0/s1. The highest BCUT2D eigenvalue weighted by Gasteiger charge is 2.15. The number of hydrogen-bond donors (Lipinski definition) is 2. The molecule has 4 heteroatoms. The molecular formula is C7H12O4. The van der Waals surface area contributed by atoms with Gasteiger partial charge in [0.25, 0.3) is 0 Å². The summed E-state index contributed by atoms with van der Waals surface area (Å²) < 4.78 is 0. The number of carbonyl (C=O) groups is 2. The molecule has 0 saturated carbocycles. The van der Waals surface area contributed by atoms with Crippen LogP contribution in [0.4, 0.5) is 0 Å². The lowest BCUT2D eigenvalue weighted by Crippen LogP contribution is -2.13. The Labute approximate surface area is 64.8 Å². The zero-order valence-corrected chi connectivity index (χ0v) is 6.41. The molecule has 2 N–H and O–H groups in total. The van der Waals surface area contributed by atoms with Crippen LogP contribution in [0.1, 0.15) is 26.2 Å². The van der Waals surface area contributed by atoms with Gasteiger partial charge in [-0.05, 0) is 12.8 Å². The van der Waals surface area contributed by atoms with Crippen LogP contribution in [0.5, 0.6) is 0 Å². The molecular weight excluding hydrogens is 148 g/mol. The van der Waals surface area contributed by atoms with Crippen LogP contribution >= 0.6 is 0 Å². The van der Waals surface area contributed by atoms with E-state index < -0.39 is 17.9 Å². The number of aliphatic carboxylic acids is 2. The number of rotatable bonds is 5. The fourth-order valence-electron chi connectivity index (χ4n) is 0.800. The summed E-state index contributed by atoms with van der Waals surface area (Å²) in [7, 11) is 0. The molecule has 0 bridgehead atoms. The first-order valence-electron chi connectivity index (χ1n) is 3.52. The first kappa shape index (κ1) is 9.94. The quantitative estimate of drug-likeness (QED) is 0.628. The van der Waals surface area contributed by atoms with Gasteiger partial charge in [-0.3, -0.25) is 9.59 Å². The van der Waals surface area contributed by atoms with Crippen molar-refractivity contribution in [3.63, 3.8) is 0 Å². The Kier molecular flexibility index (Phi) is 4.26. The maximum atomic E-state index is 10.4. The van der Waals surface area contributed by atoms with Gasteiger partial charge in [0.15, 0.2) is 0 Å². The second-order valence-corrected chi connectivity index (χ2v) is 2.38. The topological polar surface area (TPSA) is 74.6 Å². The van der Waals surface area contributed by atoms with Gasteiger partial charge in [0, 0.05) is 6.42 Å². The maximum Gasteiger partial charge on any atom is 0.306 e.